The Balaban J connectivity index is 0.000000227. The summed E-state index contributed by atoms with van der Waals surface area (Å²) in [6.07, 6.45) is -0.997. The van der Waals surface area contributed by atoms with E-state index in [1.807, 2.05) is 85.7 Å². The maximum absolute atomic E-state index is 11.8. The molecule has 7 N–H and O–H groups in total. The second-order valence-corrected chi connectivity index (χ2v) is 17.4. The Bertz CT molecular complexity index is 2280. The number of amides is 2. The van der Waals surface area contributed by atoms with Crippen molar-refractivity contribution in [2.45, 2.75) is 86.7 Å². The molecule has 59 heavy (non-hydrogen) atoms. The van der Waals surface area contributed by atoms with Gasteiger partial charge in [0, 0.05) is 56.8 Å². The van der Waals surface area contributed by atoms with E-state index in [0.29, 0.717) is 44.3 Å². The highest BCUT2D eigenvalue weighted by atomic mass is 35.5. The number of carbonyl (C=O) groups excluding carboxylic acids is 2. The van der Waals surface area contributed by atoms with Crippen molar-refractivity contribution in [3.8, 4) is 0 Å². The Hall–Kier alpha value is -5.27. The van der Waals surface area contributed by atoms with Crippen LogP contribution in [-0.2, 0) is 9.47 Å². The van der Waals surface area contributed by atoms with Crippen molar-refractivity contribution in [2.75, 3.05) is 21.7 Å². The van der Waals surface area contributed by atoms with Crippen molar-refractivity contribution in [3.05, 3.63) is 99.6 Å². The van der Waals surface area contributed by atoms with Crippen LogP contribution in [0.3, 0.4) is 0 Å². The van der Waals surface area contributed by atoms with Gasteiger partial charge in [0.15, 0.2) is 16.1 Å². The first-order valence-electron chi connectivity index (χ1n) is 17.5. The van der Waals surface area contributed by atoms with Crippen LogP contribution in [0.2, 0.25) is 15.5 Å². The minimum atomic E-state index is -0.551. The molecule has 0 aliphatic carbocycles. The molecule has 0 aliphatic heterocycles. The number of nitrogens with two attached hydrogens (primary N) is 1. The zero-order chi connectivity index (χ0) is 43.3. The SMILES string of the molecule is CC(C)(C)OC(=O)Nc1ccc(Sc2nc(Cl)cc(Cl)n2)cc1.Cc1cc(N)n[nH]1.Cc1cc(Nc2cc(Cl)nc(Sc3ccc(NC(=O)OC(C)(C)C)cc3)n2)n[nH]1. The molecule has 0 saturated heterocycles. The Morgan fingerprint density at radius 3 is 1.41 bits per heavy atom. The van der Waals surface area contributed by atoms with E-state index in [4.69, 9.17) is 50.0 Å². The minimum Gasteiger partial charge on any atom is -0.444 e. The molecule has 0 unspecified atom stereocenters. The number of hydrogen-bond acceptors (Lipinski definition) is 14. The molecule has 0 saturated carbocycles. The average molecular weight is 902 g/mol. The van der Waals surface area contributed by atoms with Crippen molar-refractivity contribution in [3.63, 3.8) is 0 Å². The molecule has 0 atom stereocenters. The summed E-state index contributed by atoms with van der Waals surface area (Å²) in [5, 5.41) is 23.6. The smallest absolute Gasteiger partial charge is 0.412 e. The van der Waals surface area contributed by atoms with Crippen LogP contribution in [0, 0.1) is 13.8 Å². The molecule has 0 bridgehead atoms. The minimum absolute atomic E-state index is 0.288. The third-order valence-electron chi connectivity index (χ3n) is 6.42. The Morgan fingerprint density at radius 1 is 0.610 bits per heavy atom. The summed E-state index contributed by atoms with van der Waals surface area (Å²) in [6.45, 7) is 14.7. The number of nitrogen functional groups attached to an aromatic ring is 1. The zero-order valence-electron chi connectivity index (χ0n) is 33.3. The van der Waals surface area contributed by atoms with Crippen LogP contribution in [-0.4, -0.2) is 63.7 Å². The highest BCUT2D eigenvalue weighted by Crippen LogP contribution is 2.30. The third kappa shape index (κ3) is 18.0. The molecular formula is C38H43Cl3N12O4S2. The molecule has 312 valence electrons. The summed E-state index contributed by atoms with van der Waals surface area (Å²) in [7, 11) is 0. The van der Waals surface area contributed by atoms with Gasteiger partial charge >= 0.3 is 12.2 Å². The fourth-order valence-corrected chi connectivity index (χ4v) is 6.54. The van der Waals surface area contributed by atoms with Gasteiger partial charge < -0.3 is 20.5 Å². The summed E-state index contributed by atoms with van der Waals surface area (Å²) < 4.78 is 10.4. The van der Waals surface area contributed by atoms with Crippen molar-refractivity contribution in [2.24, 2.45) is 0 Å². The lowest BCUT2D eigenvalue weighted by molar-refractivity contribution is 0.0624. The third-order valence-corrected chi connectivity index (χ3v) is 8.75. The number of H-pyrrole nitrogens is 2. The number of rotatable bonds is 8. The molecule has 2 aromatic carbocycles. The van der Waals surface area contributed by atoms with E-state index in [-0.39, 0.29) is 10.3 Å². The molecule has 0 spiro atoms. The van der Waals surface area contributed by atoms with Gasteiger partial charge in [0.1, 0.15) is 38.3 Å². The van der Waals surface area contributed by atoms with Crippen LogP contribution in [0.15, 0.2) is 92.9 Å². The quantitative estimate of drug-likeness (QED) is 0.0618. The molecule has 4 aromatic heterocycles. The lowest BCUT2D eigenvalue weighted by Crippen LogP contribution is -2.27. The lowest BCUT2D eigenvalue weighted by atomic mass is 10.2. The van der Waals surface area contributed by atoms with E-state index in [1.54, 1.807) is 36.4 Å². The number of carbonyl (C=O) groups is 2. The highest BCUT2D eigenvalue weighted by molar-refractivity contribution is 7.99. The van der Waals surface area contributed by atoms with Crippen molar-refractivity contribution >= 4 is 99.3 Å². The summed E-state index contributed by atoms with van der Waals surface area (Å²) in [5.74, 6) is 1.74. The largest absolute Gasteiger partial charge is 0.444 e. The predicted molar refractivity (Wildman–Crippen MR) is 234 cm³/mol. The van der Waals surface area contributed by atoms with Crippen molar-refractivity contribution in [1.82, 2.24) is 40.3 Å². The first-order chi connectivity index (χ1) is 27.7. The molecule has 6 aromatic rings. The van der Waals surface area contributed by atoms with Crippen LogP contribution in [0.5, 0.6) is 0 Å². The standard InChI is InChI=1S/C19H21ClN6O2S.C15H15Cl2N3O2S.C4H7N3/c1-11-9-16(26-25-11)23-15-10-14(20)22-17(24-15)29-13-7-5-12(6-8-13)21-18(27)28-19(2,3)4;1-15(2,3)22-14(21)18-9-4-6-10(7-5-9)23-13-19-11(16)8-12(17)20-13;1-3-2-4(5)7-6-3/h5-10H,1-4H3,(H,21,27)(H2,22,23,24,25,26);4-8H,1-3H3,(H,18,21);2H,1H3,(H3,5,6,7). The fraction of sp³-hybridized carbons (Fsp3) is 0.263. The lowest BCUT2D eigenvalue weighted by Gasteiger charge is -2.19. The summed E-state index contributed by atoms with van der Waals surface area (Å²) >= 11 is 20.5. The number of halogens is 3. The highest BCUT2D eigenvalue weighted by Gasteiger charge is 2.17. The maximum atomic E-state index is 11.8. The second-order valence-electron chi connectivity index (χ2n) is 14.2. The van der Waals surface area contributed by atoms with Crippen LogP contribution in [0.25, 0.3) is 0 Å². The number of benzene rings is 2. The molecule has 4 heterocycles. The second kappa shape index (κ2) is 21.1. The molecule has 0 radical (unpaired) electrons. The molecule has 6 rings (SSSR count). The van der Waals surface area contributed by atoms with Gasteiger partial charge in [-0.25, -0.2) is 29.5 Å². The van der Waals surface area contributed by atoms with Crippen LogP contribution >= 0.6 is 58.3 Å². The maximum Gasteiger partial charge on any atom is 0.412 e. The number of hydrogen-bond donors (Lipinski definition) is 6. The molecule has 0 fully saturated rings. The van der Waals surface area contributed by atoms with Gasteiger partial charge in [-0.05, 0) is 127 Å². The van der Waals surface area contributed by atoms with Gasteiger partial charge in [-0.3, -0.25) is 20.8 Å². The van der Waals surface area contributed by atoms with Crippen LogP contribution in [0.4, 0.5) is 38.4 Å². The number of aromatic amines is 2. The topological polar surface area (TPSA) is 224 Å². The number of nitrogens with zero attached hydrogens (tertiary/aromatic N) is 6. The van der Waals surface area contributed by atoms with E-state index in [1.165, 1.54) is 29.6 Å². The van der Waals surface area contributed by atoms with Gasteiger partial charge in [0.05, 0.1) is 0 Å². The van der Waals surface area contributed by atoms with E-state index in [2.05, 4.69) is 56.3 Å². The predicted octanol–water partition coefficient (Wildman–Crippen LogP) is 11.0. The summed E-state index contributed by atoms with van der Waals surface area (Å²) in [6, 6.07) is 21.2. The van der Waals surface area contributed by atoms with Crippen molar-refractivity contribution < 1.29 is 19.1 Å². The van der Waals surface area contributed by atoms with Crippen LogP contribution < -0.4 is 21.7 Å². The number of aryl methyl sites for hydroxylation is 2. The summed E-state index contributed by atoms with van der Waals surface area (Å²) in [4.78, 5) is 42.2. The number of anilines is 5. The van der Waals surface area contributed by atoms with E-state index < -0.39 is 23.4 Å². The zero-order valence-corrected chi connectivity index (χ0v) is 37.2. The first kappa shape index (κ1) is 46.4. The number of ether oxygens (including phenoxy) is 2. The van der Waals surface area contributed by atoms with Gasteiger partial charge in [-0.1, -0.05) is 34.8 Å². The summed E-state index contributed by atoms with van der Waals surface area (Å²) in [5.41, 5.74) is 7.34. The van der Waals surface area contributed by atoms with E-state index >= 15 is 0 Å². The molecule has 0 aliphatic rings. The first-order valence-corrected chi connectivity index (χ1v) is 20.3. The molecule has 2 amide bonds. The monoisotopic (exact) mass is 900 g/mol. The normalized spacial score (nSPS) is 11.0. The van der Waals surface area contributed by atoms with Crippen LogP contribution in [0.1, 0.15) is 52.9 Å². The van der Waals surface area contributed by atoms with Gasteiger partial charge in [0.2, 0.25) is 0 Å². The Kier molecular flexibility index (Phi) is 16.6. The van der Waals surface area contributed by atoms with E-state index in [9.17, 15) is 9.59 Å². The van der Waals surface area contributed by atoms with Gasteiger partial charge in [-0.2, -0.15) is 10.2 Å². The van der Waals surface area contributed by atoms with Gasteiger partial charge in [0.25, 0.3) is 0 Å². The Labute approximate surface area is 364 Å². The van der Waals surface area contributed by atoms with Crippen molar-refractivity contribution in [1.29, 1.82) is 0 Å². The van der Waals surface area contributed by atoms with Gasteiger partial charge in [-0.15, -0.1) is 0 Å². The number of aromatic nitrogens is 8. The molecule has 21 heteroatoms. The molecule has 16 nitrogen and oxygen atoms in total. The van der Waals surface area contributed by atoms with E-state index in [0.717, 1.165) is 21.2 Å². The molecular weight excluding hydrogens is 859 g/mol. The average Bonchev–Trinajstić information content (AvgIpc) is 3.69. The number of nitrogens with one attached hydrogen (secondary N) is 5. The Morgan fingerprint density at radius 2 is 1.03 bits per heavy atom. The fourth-order valence-electron chi connectivity index (χ4n) is 4.24.